The van der Waals surface area contributed by atoms with Gasteiger partial charge in [0.1, 0.15) is 11.9 Å². The molecule has 1 N–H and O–H groups in total. The third-order valence-electron chi connectivity index (χ3n) is 3.26. The number of amides is 1. The summed E-state index contributed by atoms with van der Waals surface area (Å²) in [6, 6.07) is 16.3. The number of rotatable bonds is 6. The van der Waals surface area contributed by atoms with Gasteiger partial charge in [-0.15, -0.1) is 0 Å². The van der Waals surface area contributed by atoms with Crippen LogP contribution in [0.3, 0.4) is 0 Å². The molecular formula is C18H18N2O3. The van der Waals surface area contributed by atoms with Crippen LogP contribution in [0.4, 0.5) is 5.69 Å². The molecule has 0 heterocycles. The average Bonchev–Trinajstić information content (AvgIpc) is 2.59. The Hall–Kier alpha value is -2.84. The van der Waals surface area contributed by atoms with Crippen LogP contribution in [-0.2, 0) is 16.1 Å². The summed E-state index contributed by atoms with van der Waals surface area (Å²) in [5, 5.41) is 11.6. The van der Waals surface area contributed by atoms with Crippen LogP contribution in [0.2, 0.25) is 0 Å². The average molecular weight is 310 g/mol. The molecule has 1 unspecified atom stereocenters. The van der Waals surface area contributed by atoms with E-state index in [2.05, 4.69) is 5.32 Å². The van der Waals surface area contributed by atoms with Crippen molar-refractivity contribution in [3.05, 3.63) is 59.7 Å². The molecule has 0 aromatic heterocycles. The van der Waals surface area contributed by atoms with Crippen molar-refractivity contribution in [3.63, 3.8) is 0 Å². The fourth-order valence-corrected chi connectivity index (χ4v) is 1.97. The van der Waals surface area contributed by atoms with Crippen molar-refractivity contribution in [3.8, 4) is 11.8 Å². The van der Waals surface area contributed by atoms with Gasteiger partial charge in [0.2, 0.25) is 0 Å². The maximum atomic E-state index is 12.1. The van der Waals surface area contributed by atoms with E-state index in [1.54, 1.807) is 38.3 Å². The van der Waals surface area contributed by atoms with Crippen LogP contribution in [0.5, 0.6) is 5.75 Å². The summed E-state index contributed by atoms with van der Waals surface area (Å²) in [4.78, 5) is 12.1. The summed E-state index contributed by atoms with van der Waals surface area (Å²) >= 11 is 0. The molecule has 2 aromatic carbocycles. The van der Waals surface area contributed by atoms with E-state index in [0.29, 0.717) is 17.9 Å². The highest BCUT2D eigenvalue weighted by Crippen LogP contribution is 2.15. The zero-order chi connectivity index (χ0) is 16.7. The zero-order valence-corrected chi connectivity index (χ0v) is 13.1. The number of anilines is 1. The number of hydrogen-bond donors (Lipinski definition) is 1. The number of nitrogens with zero attached hydrogens (tertiary/aromatic N) is 1. The van der Waals surface area contributed by atoms with Gasteiger partial charge in [0.15, 0.2) is 0 Å². The standard InChI is InChI=1S/C18H18N2O3/c1-13(23-12-15-6-4-8-17(10-15)22-2)18(21)20-16-7-3-5-14(9-16)11-19/h3-10,13H,12H2,1-2H3,(H,20,21). The number of carbonyl (C=O) groups excluding carboxylic acids is 1. The first kappa shape index (κ1) is 16.5. The summed E-state index contributed by atoms with van der Waals surface area (Å²) in [6.07, 6.45) is -0.619. The maximum Gasteiger partial charge on any atom is 0.253 e. The van der Waals surface area contributed by atoms with E-state index in [0.717, 1.165) is 11.3 Å². The van der Waals surface area contributed by atoms with Gasteiger partial charge in [-0.1, -0.05) is 18.2 Å². The van der Waals surface area contributed by atoms with E-state index in [-0.39, 0.29) is 5.91 Å². The zero-order valence-electron chi connectivity index (χ0n) is 13.1. The fourth-order valence-electron chi connectivity index (χ4n) is 1.97. The van der Waals surface area contributed by atoms with Crippen LogP contribution in [0.15, 0.2) is 48.5 Å². The minimum atomic E-state index is -0.619. The molecule has 0 aliphatic carbocycles. The molecule has 1 amide bonds. The summed E-state index contributed by atoms with van der Waals surface area (Å²) in [5.74, 6) is 0.486. The summed E-state index contributed by atoms with van der Waals surface area (Å²) in [7, 11) is 1.60. The van der Waals surface area contributed by atoms with Crippen LogP contribution < -0.4 is 10.1 Å². The lowest BCUT2D eigenvalue weighted by Crippen LogP contribution is -2.27. The van der Waals surface area contributed by atoms with Crippen LogP contribution in [0.1, 0.15) is 18.1 Å². The number of ether oxygens (including phenoxy) is 2. The van der Waals surface area contributed by atoms with Crippen molar-refractivity contribution in [1.29, 1.82) is 5.26 Å². The van der Waals surface area contributed by atoms with E-state index in [4.69, 9.17) is 14.7 Å². The van der Waals surface area contributed by atoms with E-state index < -0.39 is 6.10 Å². The monoisotopic (exact) mass is 310 g/mol. The third kappa shape index (κ3) is 4.83. The fraction of sp³-hybridized carbons (Fsp3) is 0.222. The largest absolute Gasteiger partial charge is 0.497 e. The second-order valence-corrected chi connectivity index (χ2v) is 4.99. The van der Waals surface area contributed by atoms with Gasteiger partial charge >= 0.3 is 0 Å². The van der Waals surface area contributed by atoms with Crippen LogP contribution in [-0.4, -0.2) is 19.1 Å². The van der Waals surface area contributed by atoms with Gasteiger partial charge in [0.05, 0.1) is 25.3 Å². The second-order valence-electron chi connectivity index (χ2n) is 4.99. The third-order valence-corrected chi connectivity index (χ3v) is 3.26. The van der Waals surface area contributed by atoms with Crippen molar-refractivity contribution >= 4 is 11.6 Å². The molecular weight excluding hydrogens is 292 g/mol. The van der Waals surface area contributed by atoms with Crippen molar-refractivity contribution in [2.24, 2.45) is 0 Å². The number of nitrogens with one attached hydrogen (secondary N) is 1. The van der Waals surface area contributed by atoms with Crippen molar-refractivity contribution in [2.45, 2.75) is 19.6 Å². The van der Waals surface area contributed by atoms with Crippen molar-refractivity contribution in [2.75, 3.05) is 12.4 Å². The molecule has 118 valence electrons. The minimum absolute atomic E-state index is 0.261. The maximum absolute atomic E-state index is 12.1. The van der Waals surface area contributed by atoms with Gasteiger partial charge in [0.25, 0.3) is 5.91 Å². The van der Waals surface area contributed by atoms with E-state index >= 15 is 0 Å². The van der Waals surface area contributed by atoms with E-state index in [1.165, 1.54) is 0 Å². The Morgan fingerprint density at radius 2 is 2.04 bits per heavy atom. The van der Waals surface area contributed by atoms with Gasteiger partial charge in [-0.25, -0.2) is 0 Å². The van der Waals surface area contributed by atoms with E-state index in [1.807, 2.05) is 30.3 Å². The quantitative estimate of drug-likeness (QED) is 0.890. The van der Waals surface area contributed by atoms with Gasteiger partial charge < -0.3 is 14.8 Å². The first-order valence-electron chi connectivity index (χ1n) is 7.18. The highest BCUT2D eigenvalue weighted by molar-refractivity contribution is 5.94. The SMILES string of the molecule is COc1cccc(COC(C)C(=O)Nc2cccc(C#N)c2)c1. The Bertz CT molecular complexity index is 722. The Labute approximate surface area is 135 Å². The topological polar surface area (TPSA) is 71.3 Å². The van der Waals surface area contributed by atoms with Gasteiger partial charge in [-0.2, -0.15) is 5.26 Å². The minimum Gasteiger partial charge on any atom is -0.497 e. The van der Waals surface area contributed by atoms with Gasteiger partial charge in [-0.05, 0) is 42.8 Å². The number of benzene rings is 2. The lowest BCUT2D eigenvalue weighted by atomic mass is 10.2. The van der Waals surface area contributed by atoms with Gasteiger partial charge in [0, 0.05) is 5.69 Å². The molecule has 2 aromatic rings. The normalized spacial score (nSPS) is 11.3. The summed E-state index contributed by atoms with van der Waals surface area (Å²) in [5.41, 5.74) is 1.99. The number of carbonyl (C=O) groups is 1. The molecule has 0 aliphatic rings. The molecule has 5 heteroatoms. The Morgan fingerprint density at radius 1 is 1.26 bits per heavy atom. The molecule has 0 spiro atoms. The molecule has 0 saturated heterocycles. The predicted octanol–water partition coefficient (Wildman–Crippen LogP) is 3.11. The van der Waals surface area contributed by atoms with Crippen molar-refractivity contribution < 1.29 is 14.3 Å². The lowest BCUT2D eigenvalue weighted by Gasteiger charge is -2.14. The first-order valence-corrected chi connectivity index (χ1v) is 7.18. The molecule has 0 aliphatic heterocycles. The predicted molar refractivity (Wildman–Crippen MR) is 87.0 cm³/mol. The summed E-state index contributed by atoms with van der Waals surface area (Å²) in [6.45, 7) is 1.99. The molecule has 2 rings (SSSR count). The lowest BCUT2D eigenvalue weighted by molar-refractivity contribution is -0.127. The van der Waals surface area contributed by atoms with E-state index in [9.17, 15) is 4.79 Å². The number of hydrogen-bond acceptors (Lipinski definition) is 4. The highest BCUT2D eigenvalue weighted by Gasteiger charge is 2.14. The second kappa shape index (κ2) is 7.97. The Balaban J connectivity index is 1.90. The van der Waals surface area contributed by atoms with Gasteiger partial charge in [-0.3, -0.25) is 4.79 Å². The molecule has 0 bridgehead atoms. The molecule has 5 nitrogen and oxygen atoms in total. The van der Waals surface area contributed by atoms with Crippen LogP contribution >= 0.6 is 0 Å². The molecule has 0 saturated carbocycles. The Morgan fingerprint density at radius 3 is 2.78 bits per heavy atom. The van der Waals surface area contributed by atoms with Crippen LogP contribution in [0, 0.1) is 11.3 Å². The molecule has 0 radical (unpaired) electrons. The molecule has 0 fully saturated rings. The molecule has 23 heavy (non-hydrogen) atoms. The van der Waals surface area contributed by atoms with Crippen LogP contribution in [0.25, 0.3) is 0 Å². The Kier molecular flexibility index (Phi) is 5.73. The summed E-state index contributed by atoms with van der Waals surface area (Å²) < 4.78 is 10.7. The highest BCUT2D eigenvalue weighted by atomic mass is 16.5. The molecule has 1 atom stereocenters. The smallest absolute Gasteiger partial charge is 0.253 e. The first-order chi connectivity index (χ1) is 11.1. The number of methoxy groups -OCH3 is 1. The number of nitriles is 1. The van der Waals surface area contributed by atoms with Crippen molar-refractivity contribution in [1.82, 2.24) is 0 Å².